The third-order valence-electron chi connectivity index (χ3n) is 3.44. The van der Waals surface area contributed by atoms with E-state index in [1.54, 1.807) is 7.11 Å². The van der Waals surface area contributed by atoms with Crippen LogP contribution in [0.3, 0.4) is 0 Å². The summed E-state index contributed by atoms with van der Waals surface area (Å²) in [5.41, 5.74) is 0. The maximum Gasteiger partial charge on any atom is 0.243 e. The Morgan fingerprint density at radius 2 is 1.76 bits per heavy atom. The SMILES string of the molecule is COCC1CCN(S(=O)(=O)c2ccc(S(N)(=O)=O)cc2)C1. The molecule has 21 heavy (non-hydrogen) atoms. The van der Waals surface area contributed by atoms with Crippen molar-refractivity contribution < 1.29 is 21.6 Å². The molecule has 1 unspecified atom stereocenters. The number of ether oxygens (including phenoxy) is 1. The molecule has 0 radical (unpaired) electrons. The minimum atomic E-state index is -3.83. The number of methoxy groups -OCH3 is 1. The second-order valence-electron chi connectivity index (χ2n) is 4.99. The zero-order chi connectivity index (χ0) is 15.7. The van der Waals surface area contributed by atoms with Crippen molar-refractivity contribution in [3.8, 4) is 0 Å². The first kappa shape index (κ1) is 16.4. The van der Waals surface area contributed by atoms with Crippen LogP contribution in [0.5, 0.6) is 0 Å². The van der Waals surface area contributed by atoms with Gasteiger partial charge in [0.1, 0.15) is 0 Å². The van der Waals surface area contributed by atoms with Crippen molar-refractivity contribution in [2.45, 2.75) is 16.2 Å². The normalized spacial score (nSPS) is 20.8. The fourth-order valence-electron chi connectivity index (χ4n) is 2.34. The number of hydrogen-bond donors (Lipinski definition) is 1. The van der Waals surface area contributed by atoms with Crippen LogP contribution in [0.25, 0.3) is 0 Å². The van der Waals surface area contributed by atoms with Gasteiger partial charge in [-0.3, -0.25) is 0 Å². The zero-order valence-corrected chi connectivity index (χ0v) is 13.2. The van der Waals surface area contributed by atoms with Crippen molar-refractivity contribution in [2.75, 3.05) is 26.8 Å². The van der Waals surface area contributed by atoms with Crippen LogP contribution in [-0.4, -0.2) is 47.9 Å². The molecule has 1 fully saturated rings. The van der Waals surface area contributed by atoms with Crippen LogP contribution < -0.4 is 5.14 Å². The minimum Gasteiger partial charge on any atom is -0.384 e. The van der Waals surface area contributed by atoms with E-state index in [-0.39, 0.29) is 15.7 Å². The van der Waals surface area contributed by atoms with Gasteiger partial charge in [0.2, 0.25) is 20.0 Å². The number of nitrogens with two attached hydrogens (primary N) is 1. The molecule has 1 saturated heterocycles. The van der Waals surface area contributed by atoms with Gasteiger partial charge in [-0.15, -0.1) is 0 Å². The molecule has 1 aromatic rings. The predicted molar refractivity (Wildman–Crippen MR) is 76.6 cm³/mol. The monoisotopic (exact) mass is 334 g/mol. The number of primary sulfonamides is 1. The topological polar surface area (TPSA) is 107 Å². The minimum absolute atomic E-state index is 0.0629. The van der Waals surface area contributed by atoms with E-state index in [1.165, 1.54) is 28.6 Å². The molecule has 7 nitrogen and oxygen atoms in total. The lowest BCUT2D eigenvalue weighted by Gasteiger charge is -2.16. The lowest BCUT2D eigenvalue weighted by atomic mass is 10.1. The van der Waals surface area contributed by atoms with E-state index in [2.05, 4.69) is 0 Å². The molecule has 0 bridgehead atoms. The number of rotatable bonds is 5. The van der Waals surface area contributed by atoms with E-state index in [4.69, 9.17) is 9.88 Å². The summed E-state index contributed by atoms with van der Waals surface area (Å²) in [6.45, 7) is 1.37. The maximum atomic E-state index is 12.4. The van der Waals surface area contributed by atoms with Crippen molar-refractivity contribution in [1.82, 2.24) is 4.31 Å². The Kier molecular flexibility index (Phi) is 4.69. The summed E-state index contributed by atoms with van der Waals surface area (Å²) >= 11 is 0. The molecular weight excluding hydrogens is 316 g/mol. The fraction of sp³-hybridized carbons (Fsp3) is 0.500. The van der Waals surface area contributed by atoms with Gasteiger partial charge >= 0.3 is 0 Å². The molecule has 118 valence electrons. The fourth-order valence-corrected chi connectivity index (χ4v) is 4.38. The average Bonchev–Trinajstić information content (AvgIpc) is 2.88. The largest absolute Gasteiger partial charge is 0.384 e. The molecule has 0 amide bonds. The quantitative estimate of drug-likeness (QED) is 0.815. The van der Waals surface area contributed by atoms with Crippen LogP contribution >= 0.6 is 0 Å². The molecule has 0 saturated carbocycles. The van der Waals surface area contributed by atoms with Crippen LogP contribution in [0.4, 0.5) is 0 Å². The Morgan fingerprint density at radius 1 is 1.19 bits per heavy atom. The Morgan fingerprint density at radius 3 is 2.29 bits per heavy atom. The van der Waals surface area contributed by atoms with Crippen LogP contribution in [0, 0.1) is 5.92 Å². The zero-order valence-electron chi connectivity index (χ0n) is 11.6. The van der Waals surface area contributed by atoms with Gasteiger partial charge < -0.3 is 4.74 Å². The van der Waals surface area contributed by atoms with Gasteiger partial charge in [-0.05, 0) is 36.6 Å². The highest BCUT2D eigenvalue weighted by Gasteiger charge is 2.32. The molecule has 1 aliphatic rings. The van der Waals surface area contributed by atoms with Crippen molar-refractivity contribution in [2.24, 2.45) is 11.1 Å². The number of hydrogen-bond acceptors (Lipinski definition) is 5. The molecule has 1 atom stereocenters. The van der Waals surface area contributed by atoms with Gasteiger partial charge in [0.15, 0.2) is 0 Å². The highest BCUT2D eigenvalue weighted by Crippen LogP contribution is 2.25. The molecule has 1 aliphatic heterocycles. The first-order valence-corrected chi connectivity index (χ1v) is 9.36. The van der Waals surface area contributed by atoms with E-state index < -0.39 is 20.0 Å². The summed E-state index contributed by atoms with van der Waals surface area (Å²) in [5.74, 6) is 0.188. The van der Waals surface area contributed by atoms with Crippen molar-refractivity contribution in [1.29, 1.82) is 0 Å². The maximum absolute atomic E-state index is 12.4. The molecule has 2 rings (SSSR count). The average molecular weight is 334 g/mol. The van der Waals surface area contributed by atoms with E-state index in [9.17, 15) is 16.8 Å². The highest BCUT2D eigenvalue weighted by atomic mass is 32.2. The summed E-state index contributed by atoms with van der Waals surface area (Å²) in [6.07, 6.45) is 0.752. The molecular formula is C12H18N2O5S2. The van der Waals surface area contributed by atoms with Crippen molar-refractivity contribution in [3.63, 3.8) is 0 Å². The van der Waals surface area contributed by atoms with E-state index >= 15 is 0 Å². The summed E-state index contributed by atoms with van der Waals surface area (Å²) in [7, 11) is -5.85. The Hall–Kier alpha value is -1.00. The van der Waals surface area contributed by atoms with Crippen LogP contribution in [0.2, 0.25) is 0 Å². The van der Waals surface area contributed by atoms with Gasteiger partial charge in [-0.1, -0.05) is 0 Å². The molecule has 1 heterocycles. The summed E-state index contributed by atoms with van der Waals surface area (Å²) < 4.78 is 53.7. The van der Waals surface area contributed by atoms with Crippen LogP contribution in [-0.2, 0) is 24.8 Å². The standard InChI is InChI=1S/C12H18N2O5S2/c1-19-9-10-6-7-14(8-10)21(17,18)12-4-2-11(3-5-12)20(13,15)16/h2-5,10H,6-9H2,1H3,(H2,13,15,16). The Balaban J connectivity index is 2.21. The lowest BCUT2D eigenvalue weighted by molar-refractivity contribution is 0.157. The van der Waals surface area contributed by atoms with E-state index in [0.29, 0.717) is 19.7 Å². The van der Waals surface area contributed by atoms with Crippen LogP contribution in [0.1, 0.15) is 6.42 Å². The van der Waals surface area contributed by atoms with Crippen LogP contribution in [0.15, 0.2) is 34.1 Å². The number of sulfonamides is 2. The molecule has 1 aromatic carbocycles. The molecule has 0 aromatic heterocycles. The highest BCUT2D eigenvalue weighted by molar-refractivity contribution is 7.89. The molecule has 9 heteroatoms. The smallest absolute Gasteiger partial charge is 0.243 e. The second kappa shape index (κ2) is 6.01. The lowest BCUT2D eigenvalue weighted by Crippen LogP contribution is -2.29. The summed E-state index contributed by atoms with van der Waals surface area (Å²) in [6, 6.07) is 4.92. The van der Waals surface area contributed by atoms with E-state index in [1.807, 2.05) is 0 Å². The predicted octanol–water partition coefficient (Wildman–Crippen LogP) is -0.00900. The van der Waals surface area contributed by atoms with E-state index in [0.717, 1.165) is 6.42 Å². The van der Waals surface area contributed by atoms with Gasteiger partial charge in [0.05, 0.1) is 16.4 Å². The number of benzene rings is 1. The van der Waals surface area contributed by atoms with Gasteiger partial charge in [-0.25, -0.2) is 22.0 Å². The van der Waals surface area contributed by atoms with Crippen molar-refractivity contribution in [3.05, 3.63) is 24.3 Å². The first-order chi connectivity index (χ1) is 9.75. The third kappa shape index (κ3) is 3.61. The molecule has 2 N–H and O–H groups in total. The second-order valence-corrected chi connectivity index (χ2v) is 8.49. The van der Waals surface area contributed by atoms with Gasteiger partial charge in [0, 0.05) is 20.2 Å². The Bertz CT molecular complexity index is 698. The Labute approximate surface area is 124 Å². The summed E-state index contributed by atoms with van der Waals surface area (Å²) in [5, 5.41) is 4.99. The third-order valence-corrected chi connectivity index (χ3v) is 6.25. The molecule has 0 aliphatic carbocycles. The van der Waals surface area contributed by atoms with Gasteiger partial charge in [-0.2, -0.15) is 4.31 Å². The van der Waals surface area contributed by atoms with Gasteiger partial charge in [0.25, 0.3) is 0 Å². The molecule has 0 spiro atoms. The van der Waals surface area contributed by atoms with Crippen molar-refractivity contribution >= 4 is 20.0 Å². The summed E-state index contributed by atoms with van der Waals surface area (Å²) in [4.78, 5) is -0.0481. The first-order valence-electron chi connectivity index (χ1n) is 6.37. The number of nitrogens with zero attached hydrogens (tertiary/aromatic N) is 1.